The molecule has 0 atom stereocenters. The predicted molar refractivity (Wildman–Crippen MR) is 72.2 cm³/mol. The van der Waals surface area contributed by atoms with Gasteiger partial charge >= 0.3 is 0 Å². The molecule has 0 saturated heterocycles. The van der Waals surface area contributed by atoms with Crippen LogP contribution in [0.15, 0.2) is 18.2 Å². The number of ether oxygens (including phenoxy) is 3. The molecule has 3 nitrogen and oxygen atoms in total. The summed E-state index contributed by atoms with van der Waals surface area (Å²) in [6, 6.07) is 5.84. The molecule has 0 fully saturated rings. The number of rotatable bonds is 8. The van der Waals surface area contributed by atoms with E-state index in [0.717, 1.165) is 41.8 Å². The summed E-state index contributed by atoms with van der Waals surface area (Å²) >= 11 is 3.40. The molecular weight excluding hydrogens is 284 g/mol. The zero-order chi connectivity index (χ0) is 12.5. The smallest absolute Gasteiger partial charge is 0.161 e. The molecule has 1 rings (SSSR count). The first kappa shape index (κ1) is 14.3. The SMILES string of the molecule is COc1ccc(COCCCCBr)cc1OC. The Morgan fingerprint density at radius 1 is 1.06 bits per heavy atom. The number of alkyl halides is 1. The number of benzene rings is 1. The van der Waals surface area contributed by atoms with Crippen molar-refractivity contribution in [1.29, 1.82) is 0 Å². The van der Waals surface area contributed by atoms with E-state index in [2.05, 4.69) is 15.9 Å². The van der Waals surface area contributed by atoms with Crippen LogP contribution in [-0.2, 0) is 11.3 Å². The zero-order valence-corrected chi connectivity index (χ0v) is 12.0. The average molecular weight is 303 g/mol. The summed E-state index contributed by atoms with van der Waals surface area (Å²) in [5, 5.41) is 1.03. The number of hydrogen-bond donors (Lipinski definition) is 0. The monoisotopic (exact) mass is 302 g/mol. The lowest BCUT2D eigenvalue weighted by Gasteiger charge is -2.09. The highest BCUT2D eigenvalue weighted by Crippen LogP contribution is 2.27. The molecule has 1 aromatic rings. The van der Waals surface area contributed by atoms with Crippen molar-refractivity contribution in [2.45, 2.75) is 19.4 Å². The Bertz CT molecular complexity index is 328. The molecule has 17 heavy (non-hydrogen) atoms. The van der Waals surface area contributed by atoms with E-state index in [-0.39, 0.29) is 0 Å². The van der Waals surface area contributed by atoms with Crippen molar-refractivity contribution in [3.63, 3.8) is 0 Å². The molecule has 0 aliphatic carbocycles. The Balaban J connectivity index is 2.43. The first-order valence-corrected chi connectivity index (χ1v) is 6.78. The highest BCUT2D eigenvalue weighted by molar-refractivity contribution is 9.09. The van der Waals surface area contributed by atoms with Gasteiger partial charge in [0.1, 0.15) is 0 Å². The van der Waals surface area contributed by atoms with Crippen LogP contribution in [0.5, 0.6) is 11.5 Å². The van der Waals surface area contributed by atoms with Gasteiger partial charge in [-0.2, -0.15) is 0 Å². The second kappa shape index (κ2) is 8.37. The molecule has 0 aromatic heterocycles. The molecule has 4 heteroatoms. The molecule has 0 amide bonds. The van der Waals surface area contributed by atoms with Crippen molar-refractivity contribution < 1.29 is 14.2 Å². The van der Waals surface area contributed by atoms with Gasteiger partial charge in [0.05, 0.1) is 20.8 Å². The fourth-order valence-corrected chi connectivity index (χ4v) is 1.86. The van der Waals surface area contributed by atoms with Crippen LogP contribution in [0, 0.1) is 0 Å². The predicted octanol–water partition coefficient (Wildman–Crippen LogP) is 3.40. The van der Waals surface area contributed by atoms with Crippen LogP contribution in [0.2, 0.25) is 0 Å². The lowest BCUT2D eigenvalue weighted by atomic mass is 10.2. The summed E-state index contributed by atoms with van der Waals surface area (Å²) in [4.78, 5) is 0. The van der Waals surface area contributed by atoms with Crippen LogP contribution in [0.3, 0.4) is 0 Å². The van der Waals surface area contributed by atoms with Gasteiger partial charge in [0.2, 0.25) is 0 Å². The minimum Gasteiger partial charge on any atom is -0.493 e. The maximum atomic E-state index is 5.58. The van der Waals surface area contributed by atoms with Crippen molar-refractivity contribution in [1.82, 2.24) is 0 Å². The van der Waals surface area contributed by atoms with Crippen molar-refractivity contribution in [2.75, 3.05) is 26.2 Å². The molecule has 0 heterocycles. The van der Waals surface area contributed by atoms with Gasteiger partial charge in [0.15, 0.2) is 11.5 Å². The Kier molecular flexibility index (Phi) is 7.05. The summed E-state index contributed by atoms with van der Waals surface area (Å²) < 4.78 is 16.0. The molecule has 1 aromatic carbocycles. The van der Waals surface area contributed by atoms with Gasteiger partial charge in [0, 0.05) is 11.9 Å². The maximum Gasteiger partial charge on any atom is 0.161 e. The summed E-state index contributed by atoms with van der Waals surface area (Å²) in [6.45, 7) is 1.41. The molecular formula is C13H19BrO3. The second-order valence-electron chi connectivity index (χ2n) is 3.64. The largest absolute Gasteiger partial charge is 0.493 e. The van der Waals surface area contributed by atoms with Crippen molar-refractivity contribution >= 4 is 15.9 Å². The van der Waals surface area contributed by atoms with Crippen molar-refractivity contribution in [3.05, 3.63) is 23.8 Å². The molecule has 0 radical (unpaired) electrons. The van der Waals surface area contributed by atoms with Crippen LogP contribution in [0.1, 0.15) is 18.4 Å². The standard InChI is InChI=1S/C13H19BrO3/c1-15-12-6-5-11(9-13(12)16-2)10-17-8-4-3-7-14/h5-6,9H,3-4,7-8,10H2,1-2H3. The minimum absolute atomic E-state index is 0.614. The van der Waals surface area contributed by atoms with Gasteiger partial charge in [-0.15, -0.1) is 0 Å². The second-order valence-corrected chi connectivity index (χ2v) is 4.43. The Morgan fingerprint density at radius 2 is 1.82 bits per heavy atom. The third-order valence-corrected chi connectivity index (χ3v) is 2.95. The van der Waals surface area contributed by atoms with Crippen LogP contribution in [-0.4, -0.2) is 26.2 Å². The van der Waals surface area contributed by atoms with Gasteiger partial charge in [-0.25, -0.2) is 0 Å². The Morgan fingerprint density at radius 3 is 2.47 bits per heavy atom. The van der Waals surface area contributed by atoms with E-state index >= 15 is 0 Å². The van der Waals surface area contributed by atoms with E-state index in [1.807, 2.05) is 18.2 Å². The third kappa shape index (κ3) is 4.96. The van der Waals surface area contributed by atoms with Crippen molar-refractivity contribution in [2.24, 2.45) is 0 Å². The number of hydrogen-bond acceptors (Lipinski definition) is 3. The molecule has 0 spiro atoms. The van der Waals surface area contributed by atoms with Gasteiger partial charge in [-0.05, 0) is 30.5 Å². The van der Waals surface area contributed by atoms with Gasteiger partial charge in [-0.3, -0.25) is 0 Å². The Labute approximate surface area is 111 Å². The van der Waals surface area contributed by atoms with Crippen molar-refractivity contribution in [3.8, 4) is 11.5 Å². The third-order valence-electron chi connectivity index (χ3n) is 2.39. The van der Waals surface area contributed by atoms with Crippen LogP contribution >= 0.6 is 15.9 Å². The minimum atomic E-state index is 0.614. The van der Waals surface area contributed by atoms with Gasteiger partial charge in [0.25, 0.3) is 0 Å². The lowest BCUT2D eigenvalue weighted by Crippen LogP contribution is -1.97. The number of unbranched alkanes of at least 4 members (excludes halogenated alkanes) is 1. The highest BCUT2D eigenvalue weighted by Gasteiger charge is 2.04. The fraction of sp³-hybridized carbons (Fsp3) is 0.538. The van der Waals surface area contributed by atoms with Crippen LogP contribution in [0.4, 0.5) is 0 Å². The summed E-state index contributed by atoms with van der Waals surface area (Å²) in [5.41, 5.74) is 1.10. The molecule has 0 saturated carbocycles. The quantitative estimate of drug-likeness (QED) is 0.544. The molecule has 0 aliphatic heterocycles. The fourth-order valence-electron chi connectivity index (χ4n) is 1.46. The molecule has 0 aliphatic rings. The first-order valence-electron chi connectivity index (χ1n) is 5.66. The number of methoxy groups -OCH3 is 2. The molecule has 0 N–H and O–H groups in total. The first-order chi connectivity index (χ1) is 8.31. The zero-order valence-electron chi connectivity index (χ0n) is 10.4. The van der Waals surface area contributed by atoms with E-state index < -0.39 is 0 Å². The van der Waals surface area contributed by atoms with E-state index in [4.69, 9.17) is 14.2 Å². The normalized spacial score (nSPS) is 10.3. The summed E-state index contributed by atoms with van der Waals surface area (Å²) in [5.74, 6) is 1.49. The van der Waals surface area contributed by atoms with E-state index in [9.17, 15) is 0 Å². The molecule has 96 valence electrons. The lowest BCUT2D eigenvalue weighted by molar-refractivity contribution is 0.118. The van der Waals surface area contributed by atoms with Gasteiger partial charge < -0.3 is 14.2 Å². The van der Waals surface area contributed by atoms with Crippen LogP contribution < -0.4 is 9.47 Å². The van der Waals surface area contributed by atoms with E-state index in [1.165, 1.54) is 0 Å². The van der Waals surface area contributed by atoms with Gasteiger partial charge in [-0.1, -0.05) is 22.0 Å². The Hall–Kier alpha value is -0.740. The van der Waals surface area contributed by atoms with E-state index in [0.29, 0.717) is 6.61 Å². The number of halogens is 1. The average Bonchev–Trinajstić information content (AvgIpc) is 2.38. The summed E-state index contributed by atoms with van der Waals surface area (Å²) in [6.07, 6.45) is 2.23. The molecule has 0 bridgehead atoms. The molecule has 0 unspecified atom stereocenters. The topological polar surface area (TPSA) is 27.7 Å². The van der Waals surface area contributed by atoms with Crippen LogP contribution in [0.25, 0.3) is 0 Å². The van der Waals surface area contributed by atoms with E-state index in [1.54, 1.807) is 14.2 Å². The maximum absolute atomic E-state index is 5.58. The summed E-state index contributed by atoms with van der Waals surface area (Å²) in [7, 11) is 3.27. The highest BCUT2D eigenvalue weighted by atomic mass is 79.9.